The van der Waals surface area contributed by atoms with Crippen LogP contribution in [0.4, 0.5) is 0 Å². The van der Waals surface area contributed by atoms with Crippen LogP contribution in [0.15, 0.2) is 24.3 Å². The lowest BCUT2D eigenvalue weighted by Gasteiger charge is -2.39. The minimum Gasteiger partial charge on any atom is -0.429 e. The van der Waals surface area contributed by atoms with E-state index < -0.39 is 48.9 Å². The zero-order chi connectivity index (χ0) is 18.5. The molecule has 138 valence electrons. The summed E-state index contributed by atoms with van der Waals surface area (Å²) in [6.45, 7) is 5.99. The largest absolute Gasteiger partial charge is 0.429 e. The molecule has 0 aromatic carbocycles. The highest BCUT2D eigenvalue weighted by Gasteiger charge is 2.45. The molecule has 0 aliphatic carbocycles. The van der Waals surface area contributed by atoms with Gasteiger partial charge in [0.15, 0.2) is 0 Å². The average molecular weight is 346 g/mol. The van der Waals surface area contributed by atoms with Crippen LogP contribution in [0.2, 0.25) is 0 Å². The van der Waals surface area contributed by atoms with Crippen molar-refractivity contribution in [2.45, 2.75) is 63.0 Å². The van der Waals surface area contributed by atoms with Crippen LogP contribution in [0.3, 0.4) is 0 Å². The van der Waals surface area contributed by atoms with E-state index in [1.165, 1.54) is 13.0 Å². The van der Waals surface area contributed by atoms with Crippen LogP contribution in [0, 0.1) is 0 Å². The summed E-state index contributed by atoms with van der Waals surface area (Å²) in [7, 11) is 0. The van der Waals surface area contributed by atoms with E-state index in [2.05, 4.69) is 6.58 Å². The zero-order valence-corrected chi connectivity index (χ0v) is 13.8. The van der Waals surface area contributed by atoms with E-state index in [9.17, 15) is 25.2 Å². The Kier molecular flexibility index (Phi) is 7.53. The molecule has 1 rings (SSSR count). The van der Waals surface area contributed by atoms with Gasteiger partial charge < -0.3 is 35.0 Å². The van der Waals surface area contributed by atoms with Crippen LogP contribution in [-0.2, 0) is 14.3 Å². The number of hydrogen-bond acceptors (Lipinski definition) is 8. The Balaban J connectivity index is 2.63. The van der Waals surface area contributed by atoms with Gasteiger partial charge >= 0.3 is 5.97 Å². The third-order valence-corrected chi connectivity index (χ3v) is 3.93. The molecule has 8 heteroatoms. The molecule has 0 spiro atoms. The van der Waals surface area contributed by atoms with E-state index in [0.717, 1.165) is 0 Å². The van der Waals surface area contributed by atoms with Gasteiger partial charge in [-0.2, -0.15) is 0 Å². The fourth-order valence-electron chi connectivity index (χ4n) is 2.13. The Bertz CT molecular complexity index is 471. The monoisotopic (exact) mass is 346 g/mol. The summed E-state index contributed by atoms with van der Waals surface area (Å²) in [4.78, 5) is 12.0. The van der Waals surface area contributed by atoms with Gasteiger partial charge in [-0.15, -0.1) is 6.58 Å². The number of hydrogen-bond donors (Lipinski definition) is 5. The molecule has 1 fully saturated rings. The van der Waals surface area contributed by atoms with Crippen LogP contribution >= 0.6 is 0 Å². The fraction of sp³-hybridized carbons (Fsp3) is 0.688. The van der Waals surface area contributed by atoms with Gasteiger partial charge in [0, 0.05) is 5.57 Å². The van der Waals surface area contributed by atoms with Crippen LogP contribution in [0.25, 0.3) is 0 Å². The Morgan fingerprint density at radius 2 is 1.92 bits per heavy atom. The van der Waals surface area contributed by atoms with Crippen LogP contribution < -0.4 is 0 Å². The smallest absolute Gasteiger partial charge is 0.335 e. The molecule has 0 radical (unpaired) electrons. The summed E-state index contributed by atoms with van der Waals surface area (Å²) in [5.41, 5.74) is -0.815. The first-order valence-electron chi connectivity index (χ1n) is 7.67. The molecule has 5 N–H and O–H groups in total. The second kappa shape index (κ2) is 8.70. The summed E-state index contributed by atoms with van der Waals surface area (Å²) in [5, 5.41) is 48.0. The highest BCUT2D eigenvalue weighted by molar-refractivity contribution is 5.87. The van der Waals surface area contributed by atoms with Crippen molar-refractivity contribution in [3.8, 4) is 0 Å². The lowest BCUT2D eigenvalue weighted by molar-refractivity contribution is -0.291. The molecule has 0 saturated carbocycles. The molecule has 0 aromatic heterocycles. The highest BCUT2D eigenvalue weighted by Crippen LogP contribution is 2.23. The maximum absolute atomic E-state index is 12.0. The van der Waals surface area contributed by atoms with E-state index in [1.54, 1.807) is 13.0 Å². The molecule has 0 aromatic rings. The van der Waals surface area contributed by atoms with E-state index in [1.807, 2.05) is 0 Å². The molecule has 0 amide bonds. The molecule has 1 aliphatic rings. The number of carbonyl (C=O) groups excluding carboxylic acids is 1. The normalized spacial score (nSPS) is 33.6. The van der Waals surface area contributed by atoms with Gasteiger partial charge in [-0.05, 0) is 26.7 Å². The lowest BCUT2D eigenvalue weighted by Crippen LogP contribution is -2.59. The van der Waals surface area contributed by atoms with Gasteiger partial charge in [0.05, 0.1) is 12.2 Å². The van der Waals surface area contributed by atoms with Gasteiger partial charge in [-0.25, -0.2) is 4.79 Å². The summed E-state index contributed by atoms with van der Waals surface area (Å²) in [6, 6.07) is 0. The summed E-state index contributed by atoms with van der Waals surface area (Å²) < 4.78 is 10.1. The first-order chi connectivity index (χ1) is 11.1. The SMILES string of the molecule is C=CC(C)(O)CC/C=C(\C)C(=O)O[C@@H]1O[C@H](CO)[C@@H](O)[C@H](O)[C@H]1O. The van der Waals surface area contributed by atoms with E-state index in [0.29, 0.717) is 12.8 Å². The topological polar surface area (TPSA) is 137 Å². The van der Waals surface area contributed by atoms with Crippen molar-refractivity contribution < 1.29 is 39.8 Å². The molecule has 1 unspecified atom stereocenters. The van der Waals surface area contributed by atoms with Crippen molar-refractivity contribution in [3.05, 3.63) is 24.3 Å². The van der Waals surface area contributed by atoms with Crippen molar-refractivity contribution in [3.63, 3.8) is 0 Å². The van der Waals surface area contributed by atoms with Crippen molar-refractivity contribution >= 4 is 5.97 Å². The molecule has 1 heterocycles. The van der Waals surface area contributed by atoms with E-state index in [4.69, 9.17) is 14.6 Å². The highest BCUT2D eigenvalue weighted by atomic mass is 16.7. The molecule has 8 nitrogen and oxygen atoms in total. The van der Waals surface area contributed by atoms with Crippen LogP contribution in [-0.4, -0.2) is 74.4 Å². The quantitative estimate of drug-likeness (QED) is 0.225. The van der Waals surface area contributed by atoms with Gasteiger partial charge in [-0.1, -0.05) is 12.2 Å². The van der Waals surface area contributed by atoms with Gasteiger partial charge in [-0.3, -0.25) is 0 Å². The average Bonchev–Trinajstić information content (AvgIpc) is 2.54. The Morgan fingerprint density at radius 3 is 2.46 bits per heavy atom. The number of allylic oxidation sites excluding steroid dienone is 1. The first-order valence-corrected chi connectivity index (χ1v) is 7.67. The molecule has 1 aliphatic heterocycles. The number of rotatable bonds is 7. The van der Waals surface area contributed by atoms with Crippen molar-refractivity contribution in [2.24, 2.45) is 0 Å². The van der Waals surface area contributed by atoms with E-state index >= 15 is 0 Å². The molecule has 24 heavy (non-hydrogen) atoms. The Morgan fingerprint density at radius 1 is 1.29 bits per heavy atom. The molecule has 1 saturated heterocycles. The number of aliphatic hydroxyl groups is 5. The summed E-state index contributed by atoms with van der Waals surface area (Å²) >= 11 is 0. The standard InChI is InChI=1S/C16H26O8/c1-4-16(3,22)7-5-6-9(2)14(21)24-15-13(20)12(19)11(18)10(8-17)23-15/h4,6,10-13,15,17-20,22H,1,5,7-8H2,2-3H3/b9-6+/t10-,11-,12+,13-,15+,16?/m1/s1. The summed E-state index contributed by atoms with van der Waals surface area (Å²) in [5.74, 6) is -0.780. The minimum absolute atomic E-state index is 0.229. The summed E-state index contributed by atoms with van der Waals surface area (Å²) in [6.07, 6.45) is -3.69. The Hall–Kier alpha value is -1.29. The maximum atomic E-state index is 12.0. The second-order valence-electron chi connectivity index (χ2n) is 6.09. The number of carbonyl (C=O) groups is 1. The molecule has 0 bridgehead atoms. The minimum atomic E-state index is -1.64. The van der Waals surface area contributed by atoms with Crippen LogP contribution in [0.1, 0.15) is 26.7 Å². The van der Waals surface area contributed by atoms with E-state index in [-0.39, 0.29) is 5.57 Å². The third kappa shape index (κ3) is 5.37. The van der Waals surface area contributed by atoms with Crippen LogP contribution in [0.5, 0.6) is 0 Å². The van der Waals surface area contributed by atoms with Crippen molar-refractivity contribution in [1.29, 1.82) is 0 Å². The van der Waals surface area contributed by atoms with Gasteiger partial charge in [0.2, 0.25) is 6.29 Å². The third-order valence-electron chi connectivity index (χ3n) is 3.93. The second-order valence-corrected chi connectivity index (χ2v) is 6.09. The fourth-order valence-corrected chi connectivity index (χ4v) is 2.13. The van der Waals surface area contributed by atoms with Crippen molar-refractivity contribution in [1.82, 2.24) is 0 Å². The predicted molar refractivity (Wildman–Crippen MR) is 83.7 cm³/mol. The zero-order valence-electron chi connectivity index (χ0n) is 13.8. The van der Waals surface area contributed by atoms with Gasteiger partial charge in [0.25, 0.3) is 0 Å². The predicted octanol–water partition coefficient (Wildman–Crippen LogP) is -1.01. The lowest BCUT2D eigenvalue weighted by atomic mass is 9.99. The number of esters is 1. The number of ether oxygens (including phenoxy) is 2. The molecular formula is C16H26O8. The van der Waals surface area contributed by atoms with Gasteiger partial charge in [0.1, 0.15) is 24.4 Å². The molecular weight excluding hydrogens is 320 g/mol. The Labute approximate surface area is 140 Å². The maximum Gasteiger partial charge on any atom is 0.335 e. The first kappa shape index (κ1) is 20.8. The number of aliphatic hydroxyl groups excluding tert-OH is 4. The van der Waals surface area contributed by atoms with Crippen molar-refractivity contribution in [2.75, 3.05) is 6.61 Å². The molecule has 6 atom stereocenters.